The van der Waals surface area contributed by atoms with Crippen LogP contribution in [0, 0.1) is 31.3 Å². The summed E-state index contributed by atoms with van der Waals surface area (Å²) < 4.78 is 76.6. The van der Waals surface area contributed by atoms with Gasteiger partial charge in [-0.25, -0.2) is 45.8 Å². The molecule has 2 aliphatic heterocycles. The van der Waals surface area contributed by atoms with Gasteiger partial charge in [0.1, 0.15) is 22.6 Å². The number of aryl methyl sites for hydroxylation is 1. The Kier molecular flexibility index (Phi) is 7.72. The molecule has 2 aromatic heterocycles. The predicted molar refractivity (Wildman–Crippen MR) is 138 cm³/mol. The van der Waals surface area contributed by atoms with Gasteiger partial charge in [-0.05, 0) is 31.5 Å². The Bertz CT molecular complexity index is 1610. The third kappa shape index (κ3) is 5.62. The monoisotopic (exact) mass is 593 g/mol. The fourth-order valence-corrected chi connectivity index (χ4v) is 6.15. The molecule has 1 unspecified atom stereocenters. The molecule has 0 bridgehead atoms. The molecule has 1 saturated heterocycles. The SMILES string of the molecule is Cc1nn(-c2cc(OC3CN(C(=O)N4N=CCC4c4cc(F)cc(F)c4)C3)c(F)cn2)c(C)c1S(=O)(=O)NCCO. The highest BCUT2D eigenvalue weighted by atomic mass is 32.2. The van der Waals surface area contributed by atoms with Crippen LogP contribution in [0.5, 0.6) is 5.75 Å². The average molecular weight is 594 g/mol. The molecule has 2 aliphatic rings. The molecule has 41 heavy (non-hydrogen) atoms. The van der Waals surface area contributed by atoms with Gasteiger partial charge < -0.3 is 14.7 Å². The van der Waals surface area contributed by atoms with Crippen molar-refractivity contribution in [3.05, 3.63) is 64.9 Å². The lowest BCUT2D eigenvalue weighted by molar-refractivity contribution is 0.0256. The zero-order valence-electron chi connectivity index (χ0n) is 22.0. The second-order valence-electron chi connectivity index (χ2n) is 9.53. The lowest BCUT2D eigenvalue weighted by atomic mass is 10.0. The molecule has 5 rings (SSSR count). The quantitative estimate of drug-likeness (QED) is 0.408. The summed E-state index contributed by atoms with van der Waals surface area (Å²) >= 11 is 0. The number of hydrogen-bond acceptors (Lipinski definition) is 8. The van der Waals surface area contributed by atoms with E-state index in [1.807, 2.05) is 0 Å². The number of pyridine rings is 1. The minimum atomic E-state index is -3.97. The van der Waals surface area contributed by atoms with Crippen LogP contribution >= 0.6 is 0 Å². The number of nitrogens with zero attached hydrogens (tertiary/aromatic N) is 6. The molecule has 0 radical (unpaired) electrons. The lowest BCUT2D eigenvalue weighted by Crippen LogP contribution is -2.58. The van der Waals surface area contributed by atoms with Crippen molar-refractivity contribution in [3.8, 4) is 11.6 Å². The van der Waals surface area contributed by atoms with Gasteiger partial charge in [-0.15, -0.1) is 0 Å². The molecule has 1 aromatic carbocycles. The van der Waals surface area contributed by atoms with Crippen LogP contribution in [0.1, 0.15) is 29.4 Å². The minimum absolute atomic E-state index is 0.0865. The van der Waals surface area contributed by atoms with Crippen LogP contribution in [-0.4, -0.2) is 82.8 Å². The summed E-state index contributed by atoms with van der Waals surface area (Å²) in [5, 5.41) is 18.4. The van der Waals surface area contributed by atoms with Gasteiger partial charge in [-0.1, -0.05) is 0 Å². The normalized spacial score (nSPS) is 17.3. The first kappa shape index (κ1) is 28.5. The van der Waals surface area contributed by atoms with Crippen LogP contribution in [0.3, 0.4) is 0 Å². The highest BCUT2D eigenvalue weighted by Crippen LogP contribution is 2.32. The van der Waals surface area contributed by atoms with Crippen LogP contribution in [-0.2, 0) is 10.0 Å². The zero-order chi connectivity index (χ0) is 29.5. The van der Waals surface area contributed by atoms with E-state index in [9.17, 15) is 26.4 Å². The minimum Gasteiger partial charge on any atom is -0.483 e. The number of hydrogen-bond donors (Lipinski definition) is 2. The fourth-order valence-electron chi connectivity index (χ4n) is 4.74. The number of hydrazone groups is 1. The number of aliphatic hydroxyl groups is 1. The third-order valence-corrected chi connectivity index (χ3v) is 8.34. The molecule has 1 atom stereocenters. The highest BCUT2D eigenvalue weighted by molar-refractivity contribution is 7.89. The van der Waals surface area contributed by atoms with Gasteiger partial charge in [-0.2, -0.15) is 10.2 Å². The van der Waals surface area contributed by atoms with E-state index in [2.05, 4.69) is 19.9 Å². The van der Waals surface area contributed by atoms with Gasteiger partial charge in [0, 0.05) is 31.3 Å². The maximum Gasteiger partial charge on any atom is 0.341 e. The third-order valence-electron chi connectivity index (χ3n) is 6.63. The van der Waals surface area contributed by atoms with Crippen LogP contribution in [0.2, 0.25) is 0 Å². The number of sulfonamides is 1. The Balaban J connectivity index is 1.27. The second kappa shape index (κ2) is 11.1. The van der Waals surface area contributed by atoms with Crippen molar-refractivity contribution < 1.29 is 36.2 Å². The lowest BCUT2D eigenvalue weighted by Gasteiger charge is -2.41. The van der Waals surface area contributed by atoms with Crippen molar-refractivity contribution in [1.82, 2.24) is 29.4 Å². The summed E-state index contributed by atoms with van der Waals surface area (Å²) in [5.74, 6) is -2.35. The summed E-state index contributed by atoms with van der Waals surface area (Å²) in [6.45, 7) is 2.66. The van der Waals surface area contributed by atoms with Crippen LogP contribution in [0.25, 0.3) is 5.82 Å². The van der Waals surface area contributed by atoms with E-state index in [4.69, 9.17) is 9.84 Å². The van der Waals surface area contributed by atoms with Crippen molar-refractivity contribution >= 4 is 22.3 Å². The van der Waals surface area contributed by atoms with Crippen LogP contribution in [0.15, 0.2) is 40.5 Å². The molecular formula is C25H26F3N7O5S. The standard InChI is InChI=1S/C25H26F3N7O5S/c1-14-24(41(38,39)31-5-6-36)15(2)34(32-14)23-10-22(20(28)11-29-23)40-19-12-33(13-19)25(37)35-21(3-4-30-35)16-7-17(26)9-18(27)8-16/h4,7-11,19,21,31,36H,3,5-6,12-13H2,1-2H3. The van der Waals surface area contributed by atoms with Crippen LogP contribution < -0.4 is 9.46 Å². The van der Waals surface area contributed by atoms with Crippen molar-refractivity contribution in [2.75, 3.05) is 26.2 Å². The molecule has 1 fully saturated rings. The number of halogens is 3. The summed E-state index contributed by atoms with van der Waals surface area (Å²) in [6.07, 6.45) is 2.13. The first-order valence-corrected chi connectivity index (χ1v) is 14.0. The molecule has 0 spiro atoms. The fraction of sp³-hybridized carbons (Fsp3) is 0.360. The molecule has 4 heterocycles. The Labute approximate surface area is 233 Å². The molecule has 12 nitrogen and oxygen atoms in total. The first-order chi connectivity index (χ1) is 19.5. The predicted octanol–water partition coefficient (Wildman–Crippen LogP) is 2.19. The topological polar surface area (TPSA) is 142 Å². The van der Waals surface area contributed by atoms with Crippen molar-refractivity contribution in [1.29, 1.82) is 0 Å². The van der Waals surface area contributed by atoms with E-state index in [0.29, 0.717) is 6.42 Å². The number of likely N-dealkylation sites (tertiary alicyclic amines) is 1. The molecule has 3 aromatic rings. The summed E-state index contributed by atoms with van der Waals surface area (Å²) in [5.41, 5.74) is 0.674. The van der Waals surface area contributed by atoms with Crippen molar-refractivity contribution in [2.24, 2.45) is 5.10 Å². The van der Waals surface area contributed by atoms with E-state index in [0.717, 1.165) is 29.4 Å². The molecule has 16 heteroatoms. The number of ether oxygens (including phenoxy) is 1. The van der Waals surface area contributed by atoms with E-state index >= 15 is 0 Å². The van der Waals surface area contributed by atoms with Gasteiger partial charge >= 0.3 is 6.03 Å². The summed E-state index contributed by atoms with van der Waals surface area (Å²) in [7, 11) is -3.97. The Morgan fingerprint density at radius 1 is 1.15 bits per heavy atom. The molecular weight excluding hydrogens is 567 g/mol. The summed E-state index contributed by atoms with van der Waals surface area (Å²) in [6, 6.07) is 3.17. The molecule has 0 saturated carbocycles. The number of urea groups is 1. The van der Waals surface area contributed by atoms with Gasteiger partial charge in [0.05, 0.1) is 43.3 Å². The molecule has 0 aliphatic carbocycles. The Hall–Kier alpha value is -4.02. The Morgan fingerprint density at radius 2 is 1.85 bits per heavy atom. The van der Waals surface area contributed by atoms with Gasteiger partial charge in [0.2, 0.25) is 10.0 Å². The van der Waals surface area contributed by atoms with E-state index in [-0.39, 0.29) is 59.7 Å². The number of aromatic nitrogens is 3. The zero-order valence-corrected chi connectivity index (χ0v) is 22.8. The highest BCUT2D eigenvalue weighted by Gasteiger charge is 2.39. The number of benzene rings is 1. The van der Waals surface area contributed by atoms with Crippen molar-refractivity contribution in [3.63, 3.8) is 0 Å². The molecule has 218 valence electrons. The smallest absolute Gasteiger partial charge is 0.341 e. The number of aliphatic hydroxyl groups excluding tert-OH is 1. The second-order valence-corrected chi connectivity index (χ2v) is 11.2. The van der Waals surface area contributed by atoms with Crippen LogP contribution in [0.4, 0.5) is 18.0 Å². The van der Waals surface area contributed by atoms with E-state index < -0.39 is 45.7 Å². The maximum absolute atomic E-state index is 14.6. The first-order valence-electron chi connectivity index (χ1n) is 12.5. The number of carbonyl (C=O) groups is 1. The molecule has 2 amide bonds. The Morgan fingerprint density at radius 3 is 2.54 bits per heavy atom. The van der Waals surface area contributed by atoms with E-state index in [1.54, 1.807) is 0 Å². The molecule has 2 N–H and O–H groups in total. The number of nitrogens with one attached hydrogen (secondary N) is 1. The van der Waals surface area contributed by atoms with Gasteiger partial charge in [-0.3, -0.25) is 0 Å². The van der Waals surface area contributed by atoms with E-state index in [1.165, 1.54) is 35.7 Å². The van der Waals surface area contributed by atoms with Gasteiger partial charge in [0.25, 0.3) is 0 Å². The van der Waals surface area contributed by atoms with Crippen molar-refractivity contribution in [2.45, 2.75) is 37.3 Å². The maximum atomic E-state index is 14.6. The largest absolute Gasteiger partial charge is 0.483 e. The van der Waals surface area contributed by atoms with Gasteiger partial charge in [0.15, 0.2) is 17.4 Å². The number of rotatable bonds is 8. The number of carbonyl (C=O) groups excluding carboxylic acids is 1. The number of amides is 2. The average Bonchev–Trinajstić information content (AvgIpc) is 3.49. The summed E-state index contributed by atoms with van der Waals surface area (Å²) in [4.78, 5) is 18.4.